The maximum Gasteiger partial charge on any atom is 0.354 e. The van der Waals surface area contributed by atoms with E-state index in [2.05, 4.69) is 14.8 Å². The third-order valence-electron chi connectivity index (χ3n) is 2.47. The van der Waals surface area contributed by atoms with Crippen LogP contribution < -0.4 is 5.32 Å². The van der Waals surface area contributed by atoms with Gasteiger partial charge in [-0.1, -0.05) is 0 Å². The topological polar surface area (TPSA) is 81.7 Å². The standard InChI is InChI=1S/C10H13NO5/c1-15-9(13)7-3-6(4-7)8(11-5-12)10(14)16-2/h5,7H,3-4H2,1-2H3,(H,11,12). The number of ether oxygens (including phenoxy) is 2. The Morgan fingerprint density at radius 3 is 2.38 bits per heavy atom. The largest absolute Gasteiger partial charge is 0.469 e. The lowest BCUT2D eigenvalue weighted by Gasteiger charge is -2.28. The van der Waals surface area contributed by atoms with Gasteiger partial charge in [-0.2, -0.15) is 0 Å². The highest BCUT2D eigenvalue weighted by atomic mass is 16.5. The van der Waals surface area contributed by atoms with Gasteiger partial charge in [-0.05, 0) is 18.4 Å². The first kappa shape index (κ1) is 12.2. The molecule has 0 aromatic heterocycles. The number of amides is 1. The van der Waals surface area contributed by atoms with Crippen molar-refractivity contribution in [3.05, 3.63) is 11.3 Å². The lowest BCUT2D eigenvalue weighted by molar-refractivity contribution is -0.147. The second-order valence-corrected chi connectivity index (χ2v) is 3.36. The van der Waals surface area contributed by atoms with Gasteiger partial charge in [0.1, 0.15) is 5.70 Å². The molecule has 0 saturated heterocycles. The predicted octanol–water partition coefficient (Wildman–Crippen LogP) is -0.258. The fraction of sp³-hybridized carbons (Fsp3) is 0.500. The number of carbonyl (C=O) groups excluding carboxylic acids is 3. The Morgan fingerprint density at radius 1 is 1.31 bits per heavy atom. The molecular formula is C10H13NO5. The number of hydrogen-bond acceptors (Lipinski definition) is 5. The van der Waals surface area contributed by atoms with Crippen LogP contribution in [0.3, 0.4) is 0 Å². The van der Waals surface area contributed by atoms with E-state index in [1.807, 2.05) is 0 Å². The second-order valence-electron chi connectivity index (χ2n) is 3.36. The van der Waals surface area contributed by atoms with Crippen LogP contribution in [-0.2, 0) is 23.9 Å². The predicted molar refractivity (Wildman–Crippen MR) is 53.0 cm³/mol. The number of esters is 2. The highest BCUT2D eigenvalue weighted by molar-refractivity contribution is 5.92. The quantitative estimate of drug-likeness (QED) is 0.406. The Hall–Kier alpha value is -1.85. The minimum absolute atomic E-state index is 0.123. The molecule has 1 aliphatic carbocycles. The van der Waals surface area contributed by atoms with Crippen molar-refractivity contribution in [2.24, 2.45) is 5.92 Å². The summed E-state index contributed by atoms with van der Waals surface area (Å²) in [5, 5.41) is 2.29. The monoisotopic (exact) mass is 227 g/mol. The maximum atomic E-state index is 11.3. The van der Waals surface area contributed by atoms with Crippen molar-refractivity contribution in [3.63, 3.8) is 0 Å². The highest BCUT2D eigenvalue weighted by Crippen LogP contribution is 2.35. The third kappa shape index (κ3) is 2.39. The van der Waals surface area contributed by atoms with Crippen LogP contribution in [0.2, 0.25) is 0 Å². The summed E-state index contributed by atoms with van der Waals surface area (Å²) in [5.41, 5.74) is 0.826. The van der Waals surface area contributed by atoms with Gasteiger partial charge in [0, 0.05) is 0 Å². The van der Waals surface area contributed by atoms with Crippen LogP contribution in [0, 0.1) is 5.92 Å². The van der Waals surface area contributed by atoms with E-state index in [4.69, 9.17) is 0 Å². The van der Waals surface area contributed by atoms with E-state index in [1.165, 1.54) is 14.2 Å². The van der Waals surface area contributed by atoms with Gasteiger partial charge >= 0.3 is 11.9 Å². The molecule has 0 aromatic rings. The molecule has 1 N–H and O–H groups in total. The Morgan fingerprint density at radius 2 is 1.94 bits per heavy atom. The first-order valence-electron chi connectivity index (χ1n) is 4.72. The Kier molecular flexibility index (Phi) is 4.04. The van der Waals surface area contributed by atoms with E-state index in [-0.39, 0.29) is 17.6 Å². The summed E-state index contributed by atoms with van der Waals surface area (Å²) < 4.78 is 9.07. The molecule has 0 aliphatic heterocycles. The summed E-state index contributed by atoms with van der Waals surface area (Å²) >= 11 is 0. The average molecular weight is 227 g/mol. The maximum absolute atomic E-state index is 11.3. The van der Waals surface area contributed by atoms with Crippen molar-refractivity contribution in [1.29, 1.82) is 0 Å². The molecule has 6 heteroatoms. The molecule has 16 heavy (non-hydrogen) atoms. The van der Waals surface area contributed by atoms with Gasteiger partial charge in [0.05, 0.1) is 20.1 Å². The van der Waals surface area contributed by atoms with Gasteiger partial charge in [0.15, 0.2) is 0 Å². The van der Waals surface area contributed by atoms with Crippen molar-refractivity contribution < 1.29 is 23.9 Å². The number of carbonyl (C=O) groups is 3. The molecule has 0 spiro atoms. The van der Waals surface area contributed by atoms with Gasteiger partial charge in [-0.15, -0.1) is 0 Å². The van der Waals surface area contributed by atoms with Gasteiger partial charge in [0.2, 0.25) is 6.41 Å². The smallest absolute Gasteiger partial charge is 0.354 e. The van der Waals surface area contributed by atoms with Crippen LogP contribution in [0.15, 0.2) is 11.3 Å². The van der Waals surface area contributed by atoms with E-state index in [1.54, 1.807) is 0 Å². The van der Waals surface area contributed by atoms with Gasteiger partial charge in [-0.25, -0.2) is 4.79 Å². The first-order valence-corrected chi connectivity index (χ1v) is 4.72. The van der Waals surface area contributed by atoms with Crippen LogP contribution in [0.5, 0.6) is 0 Å². The van der Waals surface area contributed by atoms with Crippen molar-refractivity contribution in [3.8, 4) is 0 Å². The van der Waals surface area contributed by atoms with E-state index >= 15 is 0 Å². The molecule has 0 heterocycles. The normalized spacial score (nSPS) is 18.1. The van der Waals surface area contributed by atoms with E-state index < -0.39 is 5.97 Å². The van der Waals surface area contributed by atoms with Crippen LogP contribution in [-0.4, -0.2) is 32.6 Å². The van der Waals surface area contributed by atoms with Crippen molar-refractivity contribution >= 4 is 18.3 Å². The number of nitrogens with one attached hydrogen (secondary N) is 1. The Bertz CT molecular complexity index is 339. The second kappa shape index (κ2) is 5.29. The molecule has 1 fully saturated rings. The molecular weight excluding hydrogens is 214 g/mol. The number of allylic oxidation sites excluding steroid dienone is 1. The van der Waals surface area contributed by atoms with Gasteiger partial charge < -0.3 is 14.8 Å². The zero-order valence-corrected chi connectivity index (χ0v) is 9.11. The zero-order valence-electron chi connectivity index (χ0n) is 9.11. The molecule has 0 aromatic carbocycles. The molecule has 0 radical (unpaired) electrons. The molecule has 1 saturated carbocycles. The molecule has 1 aliphatic rings. The lowest BCUT2D eigenvalue weighted by Crippen LogP contribution is -2.31. The van der Waals surface area contributed by atoms with Crippen molar-refractivity contribution in [2.75, 3.05) is 14.2 Å². The molecule has 1 amide bonds. The SMILES string of the molecule is COC(=O)C(NC=O)=C1CC(C(=O)OC)C1. The molecule has 0 bridgehead atoms. The van der Waals surface area contributed by atoms with Crippen LogP contribution in [0.1, 0.15) is 12.8 Å². The average Bonchev–Trinajstić information content (AvgIpc) is 2.24. The van der Waals surface area contributed by atoms with Crippen LogP contribution in [0.25, 0.3) is 0 Å². The number of methoxy groups -OCH3 is 2. The third-order valence-corrected chi connectivity index (χ3v) is 2.47. The number of rotatable bonds is 4. The Labute approximate surface area is 92.6 Å². The highest BCUT2D eigenvalue weighted by Gasteiger charge is 2.34. The molecule has 1 rings (SSSR count). The fourth-order valence-electron chi connectivity index (χ4n) is 1.54. The minimum atomic E-state index is -0.606. The summed E-state index contributed by atoms with van der Waals surface area (Å²) in [6, 6.07) is 0. The fourth-order valence-corrected chi connectivity index (χ4v) is 1.54. The van der Waals surface area contributed by atoms with Crippen molar-refractivity contribution in [1.82, 2.24) is 5.32 Å². The zero-order chi connectivity index (χ0) is 12.1. The molecule has 0 unspecified atom stereocenters. The summed E-state index contributed by atoms with van der Waals surface area (Å²) in [6.45, 7) is 0. The van der Waals surface area contributed by atoms with Gasteiger partial charge in [0.25, 0.3) is 0 Å². The molecule has 6 nitrogen and oxygen atoms in total. The molecule has 0 atom stereocenters. The van der Waals surface area contributed by atoms with E-state index in [9.17, 15) is 14.4 Å². The summed E-state index contributed by atoms with van der Waals surface area (Å²) in [7, 11) is 2.54. The van der Waals surface area contributed by atoms with Crippen LogP contribution in [0.4, 0.5) is 0 Å². The minimum Gasteiger partial charge on any atom is -0.469 e. The summed E-state index contributed by atoms with van der Waals surface area (Å²) in [4.78, 5) is 32.7. The molecule has 88 valence electrons. The summed E-state index contributed by atoms with van der Waals surface area (Å²) in [6.07, 6.45) is 1.24. The summed E-state index contributed by atoms with van der Waals surface area (Å²) in [5.74, 6) is -1.14. The van der Waals surface area contributed by atoms with Gasteiger partial charge in [-0.3, -0.25) is 9.59 Å². The first-order chi connectivity index (χ1) is 7.63. The lowest BCUT2D eigenvalue weighted by atomic mass is 9.79. The number of hydrogen-bond donors (Lipinski definition) is 1. The van der Waals surface area contributed by atoms with E-state index in [0.717, 1.165) is 0 Å². The Balaban J connectivity index is 2.70. The van der Waals surface area contributed by atoms with Crippen LogP contribution >= 0.6 is 0 Å². The van der Waals surface area contributed by atoms with Crippen molar-refractivity contribution in [2.45, 2.75) is 12.8 Å². The van der Waals surface area contributed by atoms with E-state index in [0.29, 0.717) is 24.8 Å².